The Morgan fingerprint density at radius 3 is 2.95 bits per heavy atom. The van der Waals surface area contributed by atoms with Gasteiger partial charge in [0.25, 0.3) is 5.91 Å². The molecule has 0 spiro atoms. The van der Waals surface area contributed by atoms with Crippen LogP contribution in [-0.4, -0.2) is 28.0 Å². The number of hydrogen-bond acceptors (Lipinski definition) is 5. The number of likely N-dealkylation sites (N-methyl/N-ethyl adjacent to an activating group) is 1. The molecule has 1 fully saturated rings. The van der Waals surface area contributed by atoms with Crippen molar-refractivity contribution in [2.24, 2.45) is 4.99 Å². The fraction of sp³-hybridized carbons (Fsp3) is 0.0714. The zero-order valence-electron chi connectivity index (χ0n) is 10.7. The first-order valence-electron chi connectivity index (χ1n) is 5.95. The Kier molecular flexibility index (Phi) is 3.39. The summed E-state index contributed by atoms with van der Waals surface area (Å²) in [6.07, 6.45) is 4.95. The quantitative estimate of drug-likeness (QED) is 0.796. The summed E-state index contributed by atoms with van der Waals surface area (Å²) in [5.41, 5.74) is 0. The van der Waals surface area contributed by atoms with E-state index in [-0.39, 0.29) is 5.91 Å². The van der Waals surface area contributed by atoms with E-state index >= 15 is 0 Å². The van der Waals surface area contributed by atoms with Crippen molar-refractivity contribution in [1.82, 2.24) is 9.88 Å². The molecule has 0 aromatic carbocycles. The number of amidine groups is 1. The second kappa shape index (κ2) is 5.34. The number of aromatic nitrogens is 1. The fourth-order valence-corrected chi connectivity index (χ4v) is 2.63. The topological polar surface area (TPSA) is 58.7 Å². The van der Waals surface area contributed by atoms with E-state index in [0.29, 0.717) is 21.7 Å². The van der Waals surface area contributed by atoms with Crippen molar-refractivity contribution in [3.05, 3.63) is 53.5 Å². The van der Waals surface area contributed by atoms with Gasteiger partial charge in [-0.25, -0.2) is 9.98 Å². The molecule has 0 N–H and O–H groups in total. The van der Waals surface area contributed by atoms with E-state index in [0.717, 1.165) is 0 Å². The lowest BCUT2D eigenvalue weighted by Crippen LogP contribution is -2.23. The van der Waals surface area contributed by atoms with Crippen LogP contribution < -0.4 is 0 Å². The molecule has 2 aromatic rings. The van der Waals surface area contributed by atoms with Gasteiger partial charge in [0.05, 0.1) is 11.2 Å². The van der Waals surface area contributed by atoms with Crippen molar-refractivity contribution in [2.75, 3.05) is 7.05 Å². The maximum absolute atomic E-state index is 12.1. The Hall–Kier alpha value is -2.34. The molecule has 6 heteroatoms. The Bertz CT molecular complexity index is 678. The highest BCUT2D eigenvalue weighted by atomic mass is 32.2. The first-order chi connectivity index (χ1) is 9.74. The van der Waals surface area contributed by atoms with E-state index in [1.807, 2.05) is 12.1 Å². The third kappa shape index (κ3) is 2.50. The predicted octanol–water partition coefficient (Wildman–Crippen LogP) is 2.91. The number of hydrogen-bond donors (Lipinski definition) is 0. The maximum Gasteiger partial charge on any atom is 0.266 e. The molecule has 1 aliphatic heterocycles. The average molecular weight is 285 g/mol. The van der Waals surface area contributed by atoms with E-state index in [1.54, 1.807) is 43.8 Å². The molecule has 20 heavy (non-hydrogen) atoms. The van der Waals surface area contributed by atoms with Crippen LogP contribution in [0.4, 0.5) is 5.82 Å². The molecule has 0 atom stereocenters. The van der Waals surface area contributed by atoms with Gasteiger partial charge in [0.1, 0.15) is 5.76 Å². The Morgan fingerprint density at radius 2 is 2.25 bits per heavy atom. The smallest absolute Gasteiger partial charge is 0.266 e. The molecule has 0 unspecified atom stereocenters. The van der Waals surface area contributed by atoms with Gasteiger partial charge in [0.15, 0.2) is 11.0 Å². The number of nitrogens with zero attached hydrogens (tertiary/aromatic N) is 3. The molecule has 0 bridgehead atoms. The van der Waals surface area contributed by atoms with Gasteiger partial charge in [-0.15, -0.1) is 0 Å². The van der Waals surface area contributed by atoms with Crippen LogP contribution in [0.3, 0.4) is 0 Å². The molecule has 2 aromatic heterocycles. The standard InChI is InChI=1S/C14H11N3O2S/c1-17-13(18)11(9-10-5-4-8-19-10)20-14(17)16-12-6-2-3-7-15-12/h2-9H,1H3/b11-9+,16-14+. The summed E-state index contributed by atoms with van der Waals surface area (Å²) in [6.45, 7) is 0. The minimum Gasteiger partial charge on any atom is -0.465 e. The summed E-state index contributed by atoms with van der Waals surface area (Å²) in [6, 6.07) is 9.05. The molecule has 1 amide bonds. The van der Waals surface area contributed by atoms with Gasteiger partial charge in [-0.05, 0) is 36.0 Å². The van der Waals surface area contributed by atoms with Crippen molar-refractivity contribution in [2.45, 2.75) is 0 Å². The van der Waals surface area contributed by atoms with Crippen LogP contribution in [0.2, 0.25) is 0 Å². The second-order valence-corrected chi connectivity index (χ2v) is 5.08. The molecule has 100 valence electrons. The summed E-state index contributed by atoms with van der Waals surface area (Å²) in [5, 5.41) is 0.603. The van der Waals surface area contributed by atoms with Gasteiger partial charge >= 0.3 is 0 Å². The first kappa shape index (κ1) is 12.7. The summed E-state index contributed by atoms with van der Waals surface area (Å²) in [7, 11) is 1.69. The summed E-state index contributed by atoms with van der Waals surface area (Å²) < 4.78 is 5.22. The monoisotopic (exact) mass is 285 g/mol. The highest BCUT2D eigenvalue weighted by Crippen LogP contribution is 2.32. The third-order valence-electron chi connectivity index (χ3n) is 2.68. The van der Waals surface area contributed by atoms with E-state index in [2.05, 4.69) is 9.98 Å². The average Bonchev–Trinajstić information content (AvgIpc) is 3.06. The largest absolute Gasteiger partial charge is 0.465 e. The normalized spacial score (nSPS) is 19.2. The van der Waals surface area contributed by atoms with E-state index in [9.17, 15) is 4.79 Å². The van der Waals surface area contributed by atoms with Crippen molar-refractivity contribution in [1.29, 1.82) is 0 Å². The number of aliphatic imine (C=N–C) groups is 1. The number of amides is 1. The zero-order valence-corrected chi connectivity index (χ0v) is 11.5. The van der Waals surface area contributed by atoms with Gasteiger partial charge in [-0.3, -0.25) is 9.69 Å². The van der Waals surface area contributed by atoms with E-state index in [1.165, 1.54) is 16.7 Å². The first-order valence-corrected chi connectivity index (χ1v) is 6.76. The van der Waals surface area contributed by atoms with Crippen molar-refractivity contribution in [3.63, 3.8) is 0 Å². The minimum absolute atomic E-state index is 0.0962. The molecular weight excluding hydrogens is 274 g/mol. The molecular formula is C14H11N3O2S. The molecule has 3 heterocycles. The van der Waals surface area contributed by atoms with Gasteiger partial charge in [0, 0.05) is 19.3 Å². The highest BCUT2D eigenvalue weighted by Gasteiger charge is 2.30. The summed E-state index contributed by atoms with van der Waals surface area (Å²) in [5.74, 6) is 1.13. The molecule has 0 saturated carbocycles. The van der Waals surface area contributed by atoms with E-state index < -0.39 is 0 Å². The van der Waals surface area contributed by atoms with Gasteiger partial charge in [-0.2, -0.15) is 0 Å². The van der Waals surface area contributed by atoms with Crippen molar-refractivity contribution in [3.8, 4) is 0 Å². The summed E-state index contributed by atoms with van der Waals surface area (Å²) in [4.78, 5) is 22.7. The number of carbonyl (C=O) groups excluding carboxylic acids is 1. The molecule has 5 nitrogen and oxygen atoms in total. The Labute approximate surface area is 120 Å². The maximum atomic E-state index is 12.1. The van der Waals surface area contributed by atoms with Crippen LogP contribution in [0.15, 0.2) is 57.1 Å². The van der Waals surface area contributed by atoms with Gasteiger partial charge < -0.3 is 4.42 Å². The van der Waals surface area contributed by atoms with Crippen molar-refractivity contribution < 1.29 is 9.21 Å². The second-order valence-electron chi connectivity index (χ2n) is 4.07. The molecule has 1 saturated heterocycles. The van der Waals surface area contributed by atoms with Crippen LogP contribution in [-0.2, 0) is 4.79 Å². The number of thioether (sulfide) groups is 1. The van der Waals surface area contributed by atoms with Crippen LogP contribution in [0, 0.1) is 0 Å². The number of pyridine rings is 1. The highest BCUT2D eigenvalue weighted by molar-refractivity contribution is 8.18. The van der Waals surface area contributed by atoms with E-state index in [4.69, 9.17) is 4.42 Å². The number of furan rings is 1. The lowest BCUT2D eigenvalue weighted by atomic mass is 10.4. The molecule has 0 radical (unpaired) electrons. The van der Waals surface area contributed by atoms with Crippen LogP contribution >= 0.6 is 11.8 Å². The third-order valence-corrected chi connectivity index (χ3v) is 3.74. The zero-order chi connectivity index (χ0) is 13.9. The van der Waals surface area contributed by atoms with Crippen LogP contribution in [0.25, 0.3) is 6.08 Å². The fourth-order valence-electron chi connectivity index (χ4n) is 1.67. The SMILES string of the molecule is CN1C(=O)/C(=C\c2ccco2)S/C1=N/c1ccccn1. The van der Waals surface area contributed by atoms with Gasteiger partial charge in [0.2, 0.25) is 0 Å². The molecule has 3 rings (SSSR count). The lowest BCUT2D eigenvalue weighted by molar-refractivity contribution is -0.121. The van der Waals surface area contributed by atoms with Gasteiger partial charge in [-0.1, -0.05) is 6.07 Å². The minimum atomic E-state index is -0.0962. The Balaban J connectivity index is 1.89. The number of rotatable bonds is 2. The Morgan fingerprint density at radius 1 is 1.35 bits per heavy atom. The van der Waals surface area contributed by atoms with Crippen molar-refractivity contribution >= 4 is 34.7 Å². The van der Waals surface area contributed by atoms with Crippen LogP contribution in [0.5, 0.6) is 0 Å². The summed E-state index contributed by atoms with van der Waals surface area (Å²) >= 11 is 1.31. The van der Waals surface area contributed by atoms with Crippen LogP contribution in [0.1, 0.15) is 5.76 Å². The predicted molar refractivity (Wildman–Crippen MR) is 78.4 cm³/mol. The molecule has 0 aliphatic carbocycles. The lowest BCUT2D eigenvalue weighted by Gasteiger charge is -2.06. The molecule has 1 aliphatic rings. The number of carbonyl (C=O) groups is 1.